The Balaban J connectivity index is 1.72. The number of benzene rings is 3. The Morgan fingerprint density at radius 2 is 1.43 bits per heavy atom. The number of dihydropyridines is 1. The van der Waals surface area contributed by atoms with E-state index in [-0.39, 0.29) is 5.82 Å². The third-order valence-electron chi connectivity index (χ3n) is 6.71. The lowest BCUT2D eigenvalue weighted by atomic mass is 9.85. The number of nitrogens with two attached hydrogens (primary N) is 1. The molecule has 0 bridgehead atoms. The van der Waals surface area contributed by atoms with Crippen molar-refractivity contribution in [2.45, 2.75) is 71.8 Å². The number of esters is 1. The quantitative estimate of drug-likeness (QED) is 0.228. The van der Waals surface area contributed by atoms with Crippen LogP contribution >= 0.6 is 0 Å². The van der Waals surface area contributed by atoms with Gasteiger partial charge in [0.15, 0.2) is 0 Å². The molecule has 2 unspecified atom stereocenters. The van der Waals surface area contributed by atoms with Crippen LogP contribution in [0.4, 0.5) is 4.79 Å². The number of hydrogen-bond acceptors (Lipinski definition) is 7. The van der Waals surface area contributed by atoms with Gasteiger partial charge in [-0.1, -0.05) is 78.9 Å². The van der Waals surface area contributed by atoms with Gasteiger partial charge >= 0.3 is 12.1 Å². The third kappa shape index (κ3) is 9.14. The Kier molecular flexibility index (Phi) is 10.0. The largest absolute Gasteiger partial charge is 0.488 e. The van der Waals surface area contributed by atoms with E-state index < -0.39 is 35.2 Å². The van der Waals surface area contributed by atoms with Crippen molar-refractivity contribution in [2.24, 2.45) is 11.7 Å². The average Bonchev–Trinajstić information content (AvgIpc) is 2.94. The Hall–Kier alpha value is -4.72. The topological polar surface area (TPSA) is 112 Å². The monoisotopic (exact) mass is 597 g/mol. The first-order valence-electron chi connectivity index (χ1n) is 14.8. The lowest BCUT2D eigenvalue weighted by Crippen LogP contribution is -2.38. The maximum Gasteiger partial charge on any atom is 0.408 e. The summed E-state index contributed by atoms with van der Waals surface area (Å²) < 4.78 is 17.6. The standard InChI is InChI=1S/C36H43N3O5/c1-35(2,3)43-33(40)31-26(21-28(25-17-11-8-12-18-25)39-34(41)44-36(4,5)6)22-29(38-32(31)37)27-19-13-14-20-30(27)42-23-24-15-9-7-10-16-24/h7-20,22,26,28,38H,21,23,37H2,1-6H3,(H,39,41). The Morgan fingerprint density at radius 3 is 2.07 bits per heavy atom. The molecule has 232 valence electrons. The van der Waals surface area contributed by atoms with Gasteiger partial charge in [-0.05, 0) is 71.2 Å². The van der Waals surface area contributed by atoms with Gasteiger partial charge < -0.3 is 30.6 Å². The highest BCUT2D eigenvalue weighted by Crippen LogP contribution is 2.36. The molecule has 0 saturated carbocycles. The second kappa shape index (κ2) is 13.7. The van der Waals surface area contributed by atoms with Crippen LogP contribution in [-0.4, -0.2) is 23.3 Å². The van der Waals surface area contributed by atoms with Crippen molar-refractivity contribution >= 4 is 17.8 Å². The number of nitrogens with one attached hydrogen (secondary N) is 2. The number of alkyl carbamates (subject to hydrolysis) is 1. The van der Waals surface area contributed by atoms with Gasteiger partial charge in [0.2, 0.25) is 0 Å². The molecule has 3 aromatic rings. The minimum Gasteiger partial charge on any atom is -0.488 e. The van der Waals surface area contributed by atoms with E-state index in [0.29, 0.717) is 30.0 Å². The zero-order valence-electron chi connectivity index (χ0n) is 26.3. The van der Waals surface area contributed by atoms with Gasteiger partial charge in [0, 0.05) is 17.2 Å². The van der Waals surface area contributed by atoms with Gasteiger partial charge in [0.25, 0.3) is 0 Å². The molecule has 2 atom stereocenters. The lowest BCUT2D eigenvalue weighted by molar-refractivity contribution is -0.150. The Labute approximate surface area is 260 Å². The molecule has 8 nitrogen and oxygen atoms in total. The second-order valence-electron chi connectivity index (χ2n) is 12.8. The number of amides is 1. The molecule has 0 aliphatic carbocycles. The smallest absolute Gasteiger partial charge is 0.408 e. The fraction of sp³-hybridized carbons (Fsp3) is 0.333. The van der Waals surface area contributed by atoms with Crippen LogP contribution in [0, 0.1) is 5.92 Å². The summed E-state index contributed by atoms with van der Waals surface area (Å²) >= 11 is 0. The van der Waals surface area contributed by atoms with Crippen molar-refractivity contribution < 1.29 is 23.8 Å². The van der Waals surface area contributed by atoms with Crippen LogP contribution in [-0.2, 0) is 20.9 Å². The van der Waals surface area contributed by atoms with Crippen molar-refractivity contribution in [1.29, 1.82) is 0 Å². The first-order valence-corrected chi connectivity index (χ1v) is 14.8. The predicted octanol–water partition coefficient (Wildman–Crippen LogP) is 6.99. The molecule has 1 aliphatic heterocycles. The van der Waals surface area contributed by atoms with Gasteiger partial charge in [0.05, 0.1) is 11.6 Å². The summed E-state index contributed by atoms with van der Waals surface area (Å²) in [5, 5.41) is 6.24. The summed E-state index contributed by atoms with van der Waals surface area (Å²) in [5.74, 6) is -0.207. The number of ether oxygens (including phenoxy) is 3. The maximum absolute atomic E-state index is 13.6. The van der Waals surface area contributed by atoms with Crippen LogP contribution in [0.1, 0.15) is 70.7 Å². The Morgan fingerprint density at radius 1 is 0.841 bits per heavy atom. The molecule has 0 radical (unpaired) electrons. The van der Waals surface area contributed by atoms with Gasteiger partial charge in [0.1, 0.15) is 29.4 Å². The number of para-hydroxylation sites is 1. The van der Waals surface area contributed by atoms with Crippen molar-refractivity contribution in [3.8, 4) is 5.75 Å². The van der Waals surface area contributed by atoms with Crippen molar-refractivity contribution in [3.05, 3.63) is 119 Å². The molecule has 1 amide bonds. The van der Waals surface area contributed by atoms with Crippen LogP contribution in [0.15, 0.2) is 102 Å². The van der Waals surface area contributed by atoms with E-state index in [2.05, 4.69) is 10.6 Å². The fourth-order valence-electron chi connectivity index (χ4n) is 4.89. The van der Waals surface area contributed by atoms with E-state index in [9.17, 15) is 9.59 Å². The van der Waals surface area contributed by atoms with Crippen LogP contribution in [0.3, 0.4) is 0 Å². The molecule has 0 aromatic heterocycles. The molecular weight excluding hydrogens is 554 g/mol. The molecule has 44 heavy (non-hydrogen) atoms. The molecule has 0 fully saturated rings. The molecule has 0 saturated heterocycles. The SMILES string of the molecule is CC(C)(C)OC(=O)NC(CC1C=C(c2ccccc2OCc2ccccc2)NC(N)=C1C(=O)OC(C)(C)C)c1ccccc1. The molecular formula is C36H43N3O5. The lowest BCUT2D eigenvalue weighted by Gasteiger charge is -2.31. The fourth-order valence-corrected chi connectivity index (χ4v) is 4.89. The molecule has 8 heteroatoms. The minimum absolute atomic E-state index is 0.184. The van der Waals surface area contributed by atoms with E-state index in [1.54, 1.807) is 0 Å². The highest BCUT2D eigenvalue weighted by Gasteiger charge is 2.34. The van der Waals surface area contributed by atoms with Crippen molar-refractivity contribution in [3.63, 3.8) is 0 Å². The number of carbonyl (C=O) groups is 2. The maximum atomic E-state index is 13.6. The van der Waals surface area contributed by atoms with Crippen LogP contribution in [0.2, 0.25) is 0 Å². The second-order valence-corrected chi connectivity index (χ2v) is 12.8. The van der Waals surface area contributed by atoms with E-state index in [4.69, 9.17) is 19.9 Å². The molecule has 1 heterocycles. The van der Waals surface area contributed by atoms with Crippen LogP contribution in [0.5, 0.6) is 5.75 Å². The minimum atomic E-state index is -0.732. The average molecular weight is 598 g/mol. The predicted molar refractivity (Wildman–Crippen MR) is 172 cm³/mol. The number of hydrogen-bond donors (Lipinski definition) is 3. The van der Waals surface area contributed by atoms with Crippen LogP contribution in [0.25, 0.3) is 5.70 Å². The highest BCUT2D eigenvalue weighted by atomic mass is 16.6. The summed E-state index contributed by atoms with van der Waals surface area (Å²) in [7, 11) is 0. The summed E-state index contributed by atoms with van der Waals surface area (Å²) in [4.78, 5) is 26.5. The molecule has 1 aliphatic rings. The van der Waals surface area contributed by atoms with E-state index >= 15 is 0 Å². The van der Waals surface area contributed by atoms with Gasteiger partial charge in [-0.3, -0.25) is 0 Å². The summed E-state index contributed by atoms with van der Waals surface area (Å²) in [6.07, 6.45) is 1.71. The molecule has 0 spiro atoms. The van der Waals surface area contributed by atoms with E-state index in [0.717, 1.165) is 16.7 Å². The summed E-state index contributed by atoms with van der Waals surface area (Å²) in [5.41, 5.74) is 8.86. The summed E-state index contributed by atoms with van der Waals surface area (Å²) in [6, 6.07) is 26.7. The van der Waals surface area contributed by atoms with Gasteiger partial charge in [-0.15, -0.1) is 0 Å². The van der Waals surface area contributed by atoms with E-state index in [1.807, 2.05) is 133 Å². The highest BCUT2D eigenvalue weighted by molar-refractivity contribution is 5.92. The molecule has 3 aromatic carbocycles. The number of allylic oxidation sites excluding steroid dienone is 1. The van der Waals surface area contributed by atoms with Crippen molar-refractivity contribution in [2.75, 3.05) is 0 Å². The number of carbonyl (C=O) groups excluding carboxylic acids is 2. The van der Waals surface area contributed by atoms with Crippen molar-refractivity contribution in [1.82, 2.24) is 10.6 Å². The van der Waals surface area contributed by atoms with Gasteiger partial charge in [-0.25, -0.2) is 9.59 Å². The van der Waals surface area contributed by atoms with Crippen LogP contribution < -0.4 is 21.1 Å². The first-order chi connectivity index (χ1) is 20.8. The Bertz CT molecular complexity index is 1500. The third-order valence-corrected chi connectivity index (χ3v) is 6.71. The first kappa shape index (κ1) is 32.2. The zero-order chi connectivity index (χ0) is 31.9. The normalized spacial score (nSPS) is 15.9. The van der Waals surface area contributed by atoms with Gasteiger partial charge in [-0.2, -0.15) is 0 Å². The molecule has 4 N–H and O–H groups in total. The molecule has 4 rings (SSSR count). The van der Waals surface area contributed by atoms with E-state index in [1.165, 1.54) is 0 Å². The number of rotatable bonds is 9. The summed E-state index contributed by atoms with van der Waals surface area (Å²) in [6.45, 7) is 11.3. The zero-order valence-corrected chi connectivity index (χ0v) is 26.3.